The molecular weight excluding hydrogens is 719 g/mol. The van der Waals surface area contributed by atoms with Gasteiger partial charge in [-0.05, 0) is 89.5 Å². The number of aromatic nitrogens is 3. The fourth-order valence-electron chi connectivity index (χ4n) is 7.55. The first kappa shape index (κ1) is 35.4. The quantitative estimate of drug-likeness (QED) is 0.0901. The number of para-hydroxylation sites is 4. The van der Waals surface area contributed by atoms with Crippen molar-refractivity contribution in [2.24, 2.45) is 0 Å². The Kier molecular flexibility index (Phi) is 9.83. The molecule has 8 aromatic carbocycles. The highest BCUT2D eigenvalue weighted by Gasteiger charge is 2.25. The smallest absolute Gasteiger partial charge is 0.123 e. The average Bonchev–Trinajstić information content (AvgIpc) is 3.68. The number of rotatable bonds is 11. The zero-order chi connectivity index (χ0) is 38.6. The predicted octanol–water partition coefficient (Wildman–Crippen LogP) is 12.6. The van der Waals surface area contributed by atoms with Gasteiger partial charge in [-0.1, -0.05) is 145 Å². The van der Waals surface area contributed by atoms with E-state index >= 15 is 0 Å². The van der Waals surface area contributed by atoms with Crippen LogP contribution < -0.4 is 20.3 Å². The van der Waals surface area contributed by atoms with Crippen molar-refractivity contribution in [3.05, 3.63) is 206 Å². The van der Waals surface area contributed by atoms with Crippen LogP contribution in [0.25, 0.3) is 33.3 Å². The third-order valence-electron chi connectivity index (χ3n) is 10.2. The minimum Gasteiger partial charge on any atom is -0.396 e. The highest BCUT2D eigenvalue weighted by molar-refractivity contribution is 7.81. The first-order valence-electron chi connectivity index (χ1n) is 18.8. The Labute approximate surface area is 337 Å². The van der Waals surface area contributed by atoms with Gasteiger partial charge in [0.25, 0.3) is 0 Å². The van der Waals surface area contributed by atoms with E-state index in [1.807, 2.05) is 47.1 Å². The fraction of sp³-hybridized carbons (Fsp3) is 0.0204. The van der Waals surface area contributed by atoms with Crippen molar-refractivity contribution in [2.45, 2.75) is 6.54 Å². The molecule has 0 aliphatic carbocycles. The predicted molar refractivity (Wildman–Crippen MR) is 240 cm³/mol. The molecule has 0 amide bonds. The molecule has 0 saturated carbocycles. The van der Waals surface area contributed by atoms with Crippen molar-refractivity contribution in [1.29, 1.82) is 0 Å². The third-order valence-corrected chi connectivity index (χ3v) is 10.4. The lowest BCUT2D eigenvalue weighted by Crippen LogP contribution is -2.10. The molecule has 0 aliphatic rings. The van der Waals surface area contributed by atoms with E-state index in [1.54, 1.807) is 0 Å². The molecule has 9 rings (SSSR count). The molecule has 3 N–H and O–H groups in total. The minimum atomic E-state index is 0.521. The maximum Gasteiger partial charge on any atom is 0.123 e. The summed E-state index contributed by atoms with van der Waals surface area (Å²) in [5, 5.41) is 9.64. The van der Waals surface area contributed by atoms with Crippen molar-refractivity contribution < 1.29 is 0 Å². The van der Waals surface area contributed by atoms with E-state index in [9.17, 15) is 0 Å². The molecular formula is C49H39N7S. The van der Waals surface area contributed by atoms with Gasteiger partial charge < -0.3 is 20.3 Å². The van der Waals surface area contributed by atoms with Gasteiger partial charge in [0.1, 0.15) is 5.52 Å². The first-order valence-corrected chi connectivity index (χ1v) is 19.3. The van der Waals surface area contributed by atoms with E-state index in [-0.39, 0.29) is 0 Å². The number of hydrogen-bond acceptors (Lipinski definition) is 7. The van der Waals surface area contributed by atoms with Gasteiger partial charge in [0, 0.05) is 45.3 Å². The summed E-state index contributed by atoms with van der Waals surface area (Å²) in [4.78, 5) is 4.49. The molecule has 8 heteroatoms. The Balaban J connectivity index is 1.19. The van der Waals surface area contributed by atoms with Gasteiger partial charge in [-0.25, -0.2) is 4.68 Å². The second kappa shape index (κ2) is 15.8. The van der Waals surface area contributed by atoms with Gasteiger partial charge in [-0.2, -0.15) is 0 Å². The standard InChI is InChI=1S/C49H39N7S/c50-46-44(36-26-30-42(31-27-36)55(38-18-8-2-9-19-38)39-20-10-3-11-21-39)49-48(51-53-54(49)34-35-16-6-1-7-17-35)45(47(46)52-57)37-28-32-43(33-29-37)56(40-22-12-4-13-23-40)41-24-14-5-15-25-41/h1-33,52,57H,34,50H2. The number of fused-ring (bicyclic) bond motifs is 1. The Morgan fingerprint density at radius 1 is 0.474 bits per heavy atom. The first-order chi connectivity index (χ1) is 28.2. The van der Waals surface area contributed by atoms with Gasteiger partial charge in [-0.15, -0.1) is 5.10 Å². The Bertz CT molecular complexity index is 2650. The summed E-state index contributed by atoms with van der Waals surface area (Å²) < 4.78 is 5.11. The maximum absolute atomic E-state index is 7.26. The van der Waals surface area contributed by atoms with Crippen molar-refractivity contribution in [3.8, 4) is 22.3 Å². The van der Waals surface area contributed by atoms with E-state index in [0.29, 0.717) is 17.9 Å². The van der Waals surface area contributed by atoms with Crippen LogP contribution in [-0.4, -0.2) is 15.0 Å². The van der Waals surface area contributed by atoms with E-state index in [0.717, 1.165) is 73.0 Å². The molecule has 0 unspecified atom stereocenters. The molecule has 1 heterocycles. The molecule has 276 valence electrons. The second-order valence-electron chi connectivity index (χ2n) is 13.7. The number of hydrogen-bond donors (Lipinski definition) is 3. The van der Waals surface area contributed by atoms with Crippen LogP contribution in [0.1, 0.15) is 5.56 Å². The summed E-state index contributed by atoms with van der Waals surface area (Å²) in [7, 11) is 0. The van der Waals surface area contributed by atoms with Crippen LogP contribution in [0.2, 0.25) is 0 Å². The molecule has 0 spiro atoms. The highest BCUT2D eigenvalue weighted by Crippen LogP contribution is 2.48. The molecule has 0 radical (unpaired) electrons. The van der Waals surface area contributed by atoms with Crippen LogP contribution in [0, 0.1) is 0 Å². The number of nitrogens with one attached hydrogen (secondary N) is 1. The number of benzene rings is 8. The fourth-order valence-corrected chi connectivity index (χ4v) is 7.78. The molecule has 0 atom stereocenters. The number of nitrogens with zero attached hydrogens (tertiary/aromatic N) is 5. The van der Waals surface area contributed by atoms with Crippen LogP contribution in [-0.2, 0) is 6.54 Å². The van der Waals surface area contributed by atoms with Gasteiger partial charge in [0.15, 0.2) is 0 Å². The van der Waals surface area contributed by atoms with Gasteiger partial charge in [-0.3, -0.25) is 0 Å². The van der Waals surface area contributed by atoms with Crippen molar-refractivity contribution >= 4 is 69.3 Å². The van der Waals surface area contributed by atoms with Crippen LogP contribution in [0.15, 0.2) is 200 Å². The zero-order valence-corrected chi connectivity index (χ0v) is 31.9. The lowest BCUT2D eigenvalue weighted by molar-refractivity contribution is 0.670. The lowest BCUT2D eigenvalue weighted by atomic mass is 9.93. The summed E-state index contributed by atoms with van der Waals surface area (Å²) in [6, 6.07) is 68.8. The summed E-state index contributed by atoms with van der Waals surface area (Å²) in [6.45, 7) is 0.521. The molecule has 0 bridgehead atoms. The SMILES string of the molecule is Nc1c(NS)c(-c2ccc(N(c3ccccc3)c3ccccc3)cc2)c2nnn(Cc3ccccc3)c2c1-c1ccc(N(c2ccccc2)c2ccccc2)cc1. The number of nitrogen functional groups attached to an aromatic ring is 1. The van der Waals surface area contributed by atoms with E-state index in [4.69, 9.17) is 16.0 Å². The van der Waals surface area contributed by atoms with E-state index in [1.165, 1.54) is 0 Å². The number of nitrogens with two attached hydrogens (primary N) is 1. The number of thiol groups is 1. The summed E-state index contributed by atoms with van der Waals surface area (Å²) in [6.07, 6.45) is 0. The summed E-state index contributed by atoms with van der Waals surface area (Å²) in [5.74, 6) is 0. The largest absolute Gasteiger partial charge is 0.396 e. The normalized spacial score (nSPS) is 11.0. The van der Waals surface area contributed by atoms with Crippen molar-refractivity contribution in [2.75, 3.05) is 20.3 Å². The molecule has 0 fully saturated rings. The molecule has 7 nitrogen and oxygen atoms in total. The van der Waals surface area contributed by atoms with Crippen molar-refractivity contribution in [1.82, 2.24) is 15.0 Å². The number of anilines is 8. The average molecular weight is 758 g/mol. The third kappa shape index (κ3) is 6.94. The molecule has 57 heavy (non-hydrogen) atoms. The van der Waals surface area contributed by atoms with E-state index < -0.39 is 0 Å². The van der Waals surface area contributed by atoms with Crippen LogP contribution >= 0.6 is 12.8 Å². The summed E-state index contributed by atoms with van der Waals surface area (Å²) in [5.41, 5.74) is 21.0. The Hall–Kier alpha value is -7.29. The molecule has 0 saturated heterocycles. The van der Waals surface area contributed by atoms with Gasteiger partial charge in [0.2, 0.25) is 0 Å². The Morgan fingerprint density at radius 2 is 0.842 bits per heavy atom. The summed E-state index contributed by atoms with van der Waals surface area (Å²) >= 11 is 4.64. The van der Waals surface area contributed by atoms with E-state index in [2.05, 4.69) is 185 Å². The van der Waals surface area contributed by atoms with Crippen LogP contribution in [0.5, 0.6) is 0 Å². The molecule has 1 aromatic heterocycles. The highest BCUT2D eigenvalue weighted by atomic mass is 32.1. The monoisotopic (exact) mass is 757 g/mol. The zero-order valence-electron chi connectivity index (χ0n) is 31.0. The molecule has 0 aliphatic heterocycles. The second-order valence-corrected chi connectivity index (χ2v) is 13.9. The van der Waals surface area contributed by atoms with Crippen molar-refractivity contribution in [3.63, 3.8) is 0 Å². The lowest BCUT2D eigenvalue weighted by Gasteiger charge is -2.26. The molecule has 9 aromatic rings. The topological polar surface area (TPSA) is 75.2 Å². The Morgan fingerprint density at radius 3 is 1.25 bits per heavy atom. The van der Waals surface area contributed by atoms with Gasteiger partial charge in [0.05, 0.1) is 23.4 Å². The maximum atomic E-state index is 7.26. The van der Waals surface area contributed by atoms with Crippen LogP contribution in [0.3, 0.4) is 0 Å². The van der Waals surface area contributed by atoms with Gasteiger partial charge >= 0.3 is 0 Å². The van der Waals surface area contributed by atoms with Crippen LogP contribution in [0.4, 0.5) is 45.5 Å². The minimum absolute atomic E-state index is 0.521.